The first-order valence-electron chi connectivity index (χ1n) is 5.60. The zero-order chi connectivity index (χ0) is 14.8. The maximum atomic E-state index is 12.4. The Bertz CT molecular complexity index is 599. The minimum atomic E-state index is -4.54. The number of pyridine rings is 1. The van der Waals surface area contributed by atoms with Crippen LogP contribution in [0.25, 0.3) is 11.3 Å². The molecule has 2 heterocycles. The third-order valence-electron chi connectivity index (χ3n) is 2.50. The van der Waals surface area contributed by atoms with Crippen LogP contribution in [0.15, 0.2) is 29.1 Å². The van der Waals surface area contributed by atoms with E-state index in [1.165, 1.54) is 0 Å². The molecule has 2 rings (SSSR count). The number of rotatable bonds is 3. The molecule has 0 saturated carbocycles. The number of alkyl halides is 3. The van der Waals surface area contributed by atoms with Crippen LogP contribution in [0.4, 0.5) is 13.2 Å². The minimum Gasteiger partial charge on any atom is -0.316 e. The second-order valence-electron chi connectivity index (χ2n) is 3.98. The highest BCUT2D eigenvalue weighted by Gasteiger charge is 2.34. The van der Waals surface area contributed by atoms with Crippen molar-refractivity contribution in [2.45, 2.75) is 12.7 Å². The second kappa shape index (κ2) is 5.84. The predicted octanol–water partition coefficient (Wildman–Crippen LogP) is 3.04. The van der Waals surface area contributed by atoms with Gasteiger partial charge in [0.25, 0.3) is 0 Å². The molecular formula is C12H10BrF3N4. The zero-order valence-corrected chi connectivity index (χ0v) is 12.0. The van der Waals surface area contributed by atoms with E-state index in [1.54, 1.807) is 19.3 Å². The van der Waals surface area contributed by atoms with Gasteiger partial charge in [-0.25, -0.2) is 9.97 Å². The number of halogens is 4. The number of nitrogens with one attached hydrogen (secondary N) is 1. The molecule has 0 saturated heterocycles. The second-order valence-corrected chi connectivity index (χ2v) is 4.84. The summed E-state index contributed by atoms with van der Waals surface area (Å²) in [7, 11) is 1.80. The van der Waals surface area contributed by atoms with E-state index in [4.69, 9.17) is 0 Å². The van der Waals surface area contributed by atoms with Crippen molar-refractivity contribution < 1.29 is 13.2 Å². The average molecular weight is 347 g/mol. The van der Waals surface area contributed by atoms with E-state index in [0.717, 1.165) is 22.4 Å². The Balaban J connectivity index is 2.34. The average Bonchev–Trinajstić information content (AvgIpc) is 2.41. The van der Waals surface area contributed by atoms with Crippen molar-refractivity contribution in [2.75, 3.05) is 7.05 Å². The van der Waals surface area contributed by atoms with Gasteiger partial charge in [-0.05, 0) is 34.6 Å². The summed E-state index contributed by atoms with van der Waals surface area (Å²) in [6.45, 7) is 0.609. The van der Waals surface area contributed by atoms with E-state index in [2.05, 4.69) is 36.2 Å². The Labute approximate surface area is 121 Å². The standard InChI is InChI=1S/C12H10BrF3N4/c1-17-3-7-2-10(18-6-9(7)13)8-4-19-11(20-5-8)12(14,15)16/h2,4-6,17H,3H2,1H3. The van der Waals surface area contributed by atoms with E-state index >= 15 is 0 Å². The molecule has 2 aromatic heterocycles. The van der Waals surface area contributed by atoms with Gasteiger partial charge in [0.2, 0.25) is 5.82 Å². The molecule has 20 heavy (non-hydrogen) atoms. The molecule has 0 atom stereocenters. The van der Waals surface area contributed by atoms with Crippen LogP contribution >= 0.6 is 15.9 Å². The summed E-state index contributed by atoms with van der Waals surface area (Å²) in [5.74, 6) is -1.16. The smallest absolute Gasteiger partial charge is 0.316 e. The van der Waals surface area contributed by atoms with Crippen LogP contribution in [-0.4, -0.2) is 22.0 Å². The summed E-state index contributed by atoms with van der Waals surface area (Å²) in [4.78, 5) is 10.8. The van der Waals surface area contributed by atoms with Crippen LogP contribution in [0, 0.1) is 0 Å². The van der Waals surface area contributed by atoms with Gasteiger partial charge >= 0.3 is 6.18 Å². The van der Waals surface area contributed by atoms with Gasteiger partial charge in [0.15, 0.2) is 0 Å². The molecule has 0 aliphatic rings. The Morgan fingerprint density at radius 1 is 1.15 bits per heavy atom. The minimum absolute atomic E-state index is 0.433. The molecule has 1 N–H and O–H groups in total. The topological polar surface area (TPSA) is 50.7 Å². The monoisotopic (exact) mass is 346 g/mol. The summed E-state index contributed by atoms with van der Waals surface area (Å²) >= 11 is 3.36. The van der Waals surface area contributed by atoms with Crippen molar-refractivity contribution in [3.05, 3.63) is 40.5 Å². The van der Waals surface area contributed by atoms with Crippen molar-refractivity contribution in [3.8, 4) is 11.3 Å². The summed E-state index contributed by atoms with van der Waals surface area (Å²) in [6.07, 6.45) is -0.701. The maximum absolute atomic E-state index is 12.4. The normalized spacial score (nSPS) is 11.7. The van der Waals surface area contributed by atoms with Gasteiger partial charge in [-0.1, -0.05) is 0 Å². The fraction of sp³-hybridized carbons (Fsp3) is 0.250. The van der Waals surface area contributed by atoms with Crippen LogP contribution in [0.1, 0.15) is 11.4 Å². The lowest BCUT2D eigenvalue weighted by Gasteiger charge is -2.08. The predicted molar refractivity (Wildman–Crippen MR) is 70.7 cm³/mol. The van der Waals surface area contributed by atoms with Crippen molar-refractivity contribution in [1.82, 2.24) is 20.3 Å². The molecule has 8 heteroatoms. The fourth-order valence-electron chi connectivity index (χ4n) is 1.57. The Morgan fingerprint density at radius 3 is 2.35 bits per heavy atom. The number of hydrogen-bond donors (Lipinski definition) is 1. The first-order valence-corrected chi connectivity index (χ1v) is 6.39. The largest absolute Gasteiger partial charge is 0.451 e. The van der Waals surface area contributed by atoms with E-state index < -0.39 is 12.0 Å². The van der Waals surface area contributed by atoms with Crippen LogP contribution < -0.4 is 5.32 Å². The van der Waals surface area contributed by atoms with Crippen LogP contribution in [0.3, 0.4) is 0 Å². The molecule has 0 aromatic carbocycles. The highest BCUT2D eigenvalue weighted by atomic mass is 79.9. The van der Waals surface area contributed by atoms with Crippen LogP contribution in [-0.2, 0) is 12.7 Å². The Kier molecular flexibility index (Phi) is 4.34. The molecule has 0 fully saturated rings. The molecule has 0 radical (unpaired) electrons. The van der Waals surface area contributed by atoms with Gasteiger partial charge in [0, 0.05) is 35.2 Å². The summed E-state index contributed by atoms with van der Waals surface area (Å²) in [5, 5.41) is 2.99. The molecule has 106 valence electrons. The van der Waals surface area contributed by atoms with E-state index in [9.17, 15) is 13.2 Å². The summed E-state index contributed by atoms with van der Waals surface area (Å²) < 4.78 is 38.0. The highest BCUT2D eigenvalue weighted by Crippen LogP contribution is 2.27. The van der Waals surface area contributed by atoms with E-state index in [-0.39, 0.29) is 0 Å². The van der Waals surface area contributed by atoms with Gasteiger partial charge in [-0.2, -0.15) is 13.2 Å². The SMILES string of the molecule is CNCc1cc(-c2cnc(C(F)(F)F)nc2)ncc1Br. The number of hydrogen-bond acceptors (Lipinski definition) is 4. The summed E-state index contributed by atoms with van der Waals surface area (Å²) in [6, 6.07) is 1.77. The molecular weight excluding hydrogens is 337 g/mol. The maximum Gasteiger partial charge on any atom is 0.451 e. The van der Waals surface area contributed by atoms with Crippen molar-refractivity contribution in [3.63, 3.8) is 0 Å². The molecule has 4 nitrogen and oxygen atoms in total. The number of nitrogens with zero attached hydrogens (tertiary/aromatic N) is 3. The van der Waals surface area contributed by atoms with Gasteiger partial charge in [-0.15, -0.1) is 0 Å². The molecule has 0 amide bonds. The molecule has 0 unspecified atom stereocenters. The first-order chi connectivity index (χ1) is 9.41. The summed E-state index contributed by atoms with van der Waals surface area (Å²) in [5.41, 5.74) is 1.90. The van der Waals surface area contributed by atoms with Gasteiger partial charge in [-0.3, -0.25) is 4.98 Å². The molecule has 0 bridgehead atoms. The Morgan fingerprint density at radius 2 is 1.80 bits per heavy atom. The Hall–Kier alpha value is -1.54. The highest BCUT2D eigenvalue weighted by molar-refractivity contribution is 9.10. The zero-order valence-electron chi connectivity index (χ0n) is 10.4. The fourth-order valence-corrected chi connectivity index (χ4v) is 1.93. The lowest BCUT2D eigenvalue weighted by atomic mass is 10.1. The van der Waals surface area contributed by atoms with Gasteiger partial charge in [0.1, 0.15) is 0 Å². The lowest BCUT2D eigenvalue weighted by molar-refractivity contribution is -0.144. The van der Waals surface area contributed by atoms with Crippen molar-refractivity contribution in [2.24, 2.45) is 0 Å². The molecule has 2 aromatic rings. The van der Waals surface area contributed by atoms with Crippen LogP contribution in [0.2, 0.25) is 0 Å². The van der Waals surface area contributed by atoms with Crippen LogP contribution in [0.5, 0.6) is 0 Å². The third-order valence-corrected chi connectivity index (χ3v) is 3.22. The van der Waals surface area contributed by atoms with Gasteiger partial charge in [0.05, 0.1) is 5.69 Å². The van der Waals surface area contributed by atoms with Crippen molar-refractivity contribution in [1.29, 1.82) is 0 Å². The molecule has 0 aliphatic heterocycles. The third kappa shape index (κ3) is 3.31. The van der Waals surface area contributed by atoms with E-state index in [0.29, 0.717) is 17.8 Å². The molecule has 0 spiro atoms. The number of aromatic nitrogens is 3. The van der Waals surface area contributed by atoms with Crippen molar-refractivity contribution >= 4 is 15.9 Å². The first kappa shape index (κ1) is 14.9. The van der Waals surface area contributed by atoms with E-state index in [1.807, 2.05) is 0 Å². The molecule has 0 aliphatic carbocycles. The van der Waals surface area contributed by atoms with Gasteiger partial charge < -0.3 is 5.32 Å². The lowest BCUT2D eigenvalue weighted by Crippen LogP contribution is -2.10. The quantitative estimate of drug-likeness (QED) is 0.927.